The van der Waals surface area contributed by atoms with Gasteiger partial charge in [-0.2, -0.15) is 5.10 Å². The Bertz CT molecular complexity index is 1130. The van der Waals surface area contributed by atoms with Gasteiger partial charge in [0.1, 0.15) is 12.1 Å². The van der Waals surface area contributed by atoms with Crippen molar-refractivity contribution in [2.45, 2.75) is 19.0 Å². The summed E-state index contributed by atoms with van der Waals surface area (Å²) in [5.41, 5.74) is 17.4. The number of carbonyl (C=O) groups excluding carboxylic acids is 1. The highest BCUT2D eigenvalue weighted by Gasteiger charge is 2.36. The van der Waals surface area contributed by atoms with Gasteiger partial charge in [-0.3, -0.25) is 14.5 Å². The van der Waals surface area contributed by atoms with Crippen molar-refractivity contribution in [3.05, 3.63) is 53.8 Å². The molecule has 10 nitrogen and oxygen atoms in total. The van der Waals surface area contributed by atoms with Crippen LogP contribution in [0, 0.1) is 0 Å². The number of amidine groups is 1. The van der Waals surface area contributed by atoms with E-state index < -0.39 is 0 Å². The Balaban J connectivity index is 1.77. The molecule has 1 unspecified atom stereocenters. The number of amides is 1. The predicted octanol–water partition coefficient (Wildman–Crippen LogP) is 1.71. The second-order valence-electron chi connectivity index (χ2n) is 8.01. The molecule has 168 valence electrons. The molecule has 2 aliphatic heterocycles. The van der Waals surface area contributed by atoms with Gasteiger partial charge >= 0.3 is 0 Å². The van der Waals surface area contributed by atoms with Crippen LogP contribution in [0.3, 0.4) is 0 Å². The molecule has 1 aromatic heterocycles. The molecular formula is C22H28N8O2. The molecule has 2 aliphatic rings. The van der Waals surface area contributed by atoms with Crippen LogP contribution in [0.2, 0.25) is 0 Å². The number of nitrogens with zero attached hydrogens (tertiary/aromatic N) is 5. The molecule has 0 aliphatic carbocycles. The van der Waals surface area contributed by atoms with Gasteiger partial charge in [-0.25, -0.2) is 0 Å². The summed E-state index contributed by atoms with van der Waals surface area (Å²) in [6.07, 6.45) is 5.17. The Labute approximate surface area is 186 Å². The van der Waals surface area contributed by atoms with Gasteiger partial charge in [0.15, 0.2) is 0 Å². The minimum Gasteiger partial charge on any atom is -0.513 e. The third-order valence-corrected chi connectivity index (χ3v) is 6.14. The van der Waals surface area contributed by atoms with Gasteiger partial charge in [0, 0.05) is 44.4 Å². The molecular weight excluding hydrogens is 408 g/mol. The van der Waals surface area contributed by atoms with Crippen LogP contribution in [-0.4, -0.2) is 59.2 Å². The molecule has 1 aromatic carbocycles. The highest BCUT2D eigenvalue weighted by molar-refractivity contribution is 5.95. The molecule has 32 heavy (non-hydrogen) atoms. The Hall–Kier alpha value is -3.95. The zero-order chi connectivity index (χ0) is 23.0. The lowest BCUT2D eigenvalue weighted by Gasteiger charge is -2.41. The first-order valence-corrected chi connectivity index (χ1v) is 10.3. The molecule has 6 N–H and O–H groups in total. The number of nitrogens with two attached hydrogens (primary N) is 2. The highest BCUT2D eigenvalue weighted by atomic mass is 16.2. The number of aliphatic hydroxyl groups excluding tert-OH is 1. The topological polar surface area (TPSA) is 138 Å². The number of likely N-dealkylation sites (tertiary alicyclic amines) is 1. The first-order chi connectivity index (χ1) is 15.4. The van der Waals surface area contributed by atoms with E-state index in [4.69, 9.17) is 11.5 Å². The summed E-state index contributed by atoms with van der Waals surface area (Å²) in [4.78, 5) is 18.9. The second-order valence-corrected chi connectivity index (χ2v) is 8.01. The smallest absolute Gasteiger partial charge is 0.209 e. The minimum absolute atomic E-state index is 0.0497. The van der Waals surface area contributed by atoms with Gasteiger partial charge in [0.05, 0.1) is 46.7 Å². The molecule has 1 fully saturated rings. The molecule has 0 saturated carbocycles. The van der Waals surface area contributed by atoms with Crippen LogP contribution in [0.5, 0.6) is 0 Å². The molecule has 0 spiro atoms. The molecule has 0 bridgehead atoms. The minimum atomic E-state index is 0.0497. The zero-order valence-corrected chi connectivity index (χ0v) is 18.4. The van der Waals surface area contributed by atoms with Crippen LogP contribution in [0.1, 0.15) is 24.7 Å². The third-order valence-electron chi connectivity index (χ3n) is 6.14. The molecule has 10 heteroatoms. The van der Waals surface area contributed by atoms with Crippen LogP contribution >= 0.6 is 0 Å². The number of nitrogens with one attached hydrogen (secondary N) is 1. The lowest BCUT2D eigenvalue weighted by molar-refractivity contribution is -0.123. The van der Waals surface area contributed by atoms with Crippen molar-refractivity contribution in [3.63, 3.8) is 0 Å². The average Bonchev–Trinajstić information content (AvgIpc) is 3.20. The van der Waals surface area contributed by atoms with Crippen molar-refractivity contribution in [2.24, 2.45) is 16.5 Å². The maximum Gasteiger partial charge on any atom is 0.209 e. The van der Waals surface area contributed by atoms with Crippen molar-refractivity contribution in [1.82, 2.24) is 14.7 Å². The van der Waals surface area contributed by atoms with E-state index in [2.05, 4.69) is 38.0 Å². The van der Waals surface area contributed by atoms with Crippen molar-refractivity contribution >= 4 is 23.6 Å². The fourth-order valence-electron chi connectivity index (χ4n) is 4.25. The number of carbonyl (C=O) groups is 1. The van der Waals surface area contributed by atoms with E-state index in [1.807, 2.05) is 25.4 Å². The SMILES string of the molecule is CN=C(N)/C=C(Nc1cccc2c1N(C)C(C)c1c-2cnn1C1CN(C=O)C1)\C(N)=C/O. The first kappa shape index (κ1) is 21.3. The molecule has 1 saturated heterocycles. The predicted molar refractivity (Wildman–Crippen MR) is 125 cm³/mol. The summed E-state index contributed by atoms with van der Waals surface area (Å²) in [6.45, 7) is 3.47. The molecule has 4 rings (SSSR count). The number of hydrogen-bond donors (Lipinski definition) is 4. The lowest BCUT2D eigenvalue weighted by atomic mass is 9.93. The van der Waals surface area contributed by atoms with Gasteiger partial charge in [0.2, 0.25) is 6.41 Å². The number of rotatable bonds is 6. The molecule has 1 atom stereocenters. The van der Waals surface area contributed by atoms with E-state index >= 15 is 0 Å². The van der Waals surface area contributed by atoms with Crippen molar-refractivity contribution in [2.75, 3.05) is 37.4 Å². The van der Waals surface area contributed by atoms with E-state index in [1.54, 1.807) is 18.0 Å². The molecule has 0 radical (unpaired) electrons. The van der Waals surface area contributed by atoms with Crippen molar-refractivity contribution in [1.29, 1.82) is 0 Å². The molecule has 2 aromatic rings. The Morgan fingerprint density at radius 1 is 1.31 bits per heavy atom. The zero-order valence-electron chi connectivity index (χ0n) is 18.4. The number of fused-ring (bicyclic) bond motifs is 3. The summed E-state index contributed by atoms with van der Waals surface area (Å²) in [6, 6.07) is 6.19. The maximum absolute atomic E-state index is 11.0. The van der Waals surface area contributed by atoms with Gasteiger partial charge in [-0.1, -0.05) is 12.1 Å². The fraction of sp³-hybridized carbons (Fsp3) is 0.318. The number of hydrogen-bond acceptors (Lipinski definition) is 7. The van der Waals surface area contributed by atoms with Crippen LogP contribution in [0.4, 0.5) is 11.4 Å². The number of aliphatic imine (C=N–C) groups is 1. The van der Waals surface area contributed by atoms with Crippen molar-refractivity contribution in [3.8, 4) is 11.1 Å². The fourth-order valence-corrected chi connectivity index (χ4v) is 4.25. The van der Waals surface area contributed by atoms with E-state index in [-0.39, 0.29) is 23.6 Å². The molecule has 1 amide bonds. The summed E-state index contributed by atoms with van der Waals surface area (Å²) in [5, 5.41) is 17.4. The number of aromatic nitrogens is 2. The van der Waals surface area contributed by atoms with Gasteiger partial charge in [0.25, 0.3) is 0 Å². The van der Waals surface area contributed by atoms with Crippen LogP contribution in [0.15, 0.2) is 53.1 Å². The van der Waals surface area contributed by atoms with E-state index in [9.17, 15) is 9.90 Å². The van der Waals surface area contributed by atoms with Crippen molar-refractivity contribution < 1.29 is 9.90 Å². The first-order valence-electron chi connectivity index (χ1n) is 10.3. The van der Waals surface area contributed by atoms with Crippen LogP contribution in [0.25, 0.3) is 11.1 Å². The van der Waals surface area contributed by atoms with Gasteiger partial charge < -0.3 is 31.7 Å². The number of para-hydroxylation sites is 1. The van der Waals surface area contributed by atoms with E-state index in [0.717, 1.165) is 40.9 Å². The van der Waals surface area contributed by atoms with E-state index in [1.165, 1.54) is 0 Å². The lowest BCUT2D eigenvalue weighted by Crippen LogP contribution is -2.48. The molecule has 3 heterocycles. The second kappa shape index (κ2) is 8.29. The summed E-state index contributed by atoms with van der Waals surface area (Å²) >= 11 is 0. The number of aliphatic hydroxyl groups is 1. The number of anilines is 2. The highest BCUT2D eigenvalue weighted by Crippen LogP contribution is 2.48. The average molecular weight is 437 g/mol. The van der Waals surface area contributed by atoms with Crippen LogP contribution in [-0.2, 0) is 4.79 Å². The standard InChI is InChI=1S/C22H28N8O2/c1-13-21-16(8-26-30(21)14-9-29(10-14)12-32)15-5-4-6-18(22(15)28(13)3)27-19(17(23)11-31)7-20(24)25-2/h4-8,11-14,27,31H,9-10,23H2,1-3H3,(H2,24,25)/b17-11+,19-7+. The largest absolute Gasteiger partial charge is 0.513 e. The third kappa shape index (κ3) is 3.43. The number of benzene rings is 1. The quantitative estimate of drug-likeness (QED) is 0.178. The Morgan fingerprint density at radius 2 is 2.06 bits per heavy atom. The van der Waals surface area contributed by atoms with E-state index in [0.29, 0.717) is 18.8 Å². The monoisotopic (exact) mass is 436 g/mol. The maximum atomic E-state index is 11.0. The summed E-state index contributed by atoms with van der Waals surface area (Å²) in [5.74, 6) is 0.275. The normalized spacial score (nSPS) is 19.3. The Kier molecular flexibility index (Phi) is 5.52. The Morgan fingerprint density at radius 3 is 2.72 bits per heavy atom. The van der Waals surface area contributed by atoms with Crippen LogP contribution < -0.4 is 21.7 Å². The summed E-state index contributed by atoms with van der Waals surface area (Å²) in [7, 11) is 3.61. The van der Waals surface area contributed by atoms with Gasteiger partial charge in [-0.15, -0.1) is 0 Å². The van der Waals surface area contributed by atoms with Gasteiger partial charge in [-0.05, 0) is 13.0 Å². The summed E-state index contributed by atoms with van der Waals surface area (Å²) < 4.78 is 2.05.